The number of nitrogens with zero attached hydrogens (tertiary/aromatic N) is 3. The Morgan fingerprint density at radius 1 is 1.06 bits per heavy atom. The summed E-state index contributed by atoms with van der Waals surface area (Å²) in [7, 11) is 0.581. The summed E-state index contributed by atoms with van der Waals surface area (Å²) in [6.07, 6.45) is 7.67. The van der Waals surface area contributed by atoms with Gasteiger partial charge in [0.1, 0.15) is 0 Å². The van der Waals surface area contributed by atoms with Crippen molar-refractivity contribution >= 4 is 15.8 Å². The van der Waals surface area contributed by atoms with Gasteiger partial charge in [-0.1, -0.05) is 18.6 Å². The van der Waals surface area contributed by atoms with E-state index in [-0.39, 0.29) is 11.8 Å². The molecular weight excluding hydrogens is 422 g/mol. The molecule has 32 heavy (non-hydrogen) atoms. The quantitative estimate of drug-likeness (QED) is 0.438. The molecule has 7 heteroatoms. The van der Waals surface area contributed by atoms with E-state index >= 15 is 0 Å². The first-order chi connectivity index (χ1) is 15.3. The Morgan fingerprint density at radius 3 is 2.41 bits per heavy atom. The van der Waals surface area contributed by atoms with Gasteiger partial charge in [-0.3, -0.25) is 9.69 Å². The lowest BCUT2D eigenvalue weighted by molar-refractivity contribution is -0.0524. The van der Waals surface area contributed by atoms with Crippen molar-refractivity contribution in [2.45, 2.75) is 68.8 Å². The van der Waals surface area contributed by atoms with E-state index in [1.807, 2.05) is 4.31 Å². The van der Waals surface area contributed by atoms with Gasteiger partial charge in [-0.25, -0.2) is 8.42 Å². The van der Waals surface area contributed by atoms with E-state index in [2.05, 4.69) is 23.9 Å². The Kier molecular flexibility index (Phi) is 7.40. The molecule has 0 unspecified atom stereocenters. The predicted octanol–water partition coefficient (Wildman–Crippen LogP) is 3.48. The van der Waals surface area contributed by atoms with Gasteiger partial charge in [0.05, 0.1) is 4.90 Å². The highest BCUT2D eigenvalue weighted by molar-refractivity contribution is 7.89. The van der Waals surface area contributed by atoms with Crippen LogP contribution < -0.4 is 0 Å². The molecule has 1 aromatic rings. The Morgan fingerprint density at radius 2 is 1.75 bits per heavy atom. The largest absolute Gasteiger partial charge is 0.309 e. The Hall–Kier alpha value is -1.28. The molecule has 0 aliphatic carbocycles. The molecule has 3 fully saturated rings. The zero-order valence-electron chi connectivity index (χ0n) is 19.9. The summed E-state index contributed by atoms with van der Waals surface area (Å²) in [5.41, 5.74) is 0.554. The third-order valence-corrected chi connectivity index (χ3v) is 9.75. The number of carbonyl (C=O) groups is 1. The highest BCUT2D eigenvalue weighted by Crippen LogP contribution is 2.45. The summed E-state index contributed by atoms with van der Waals surface area (Å²) < 4.78 is 29.6. The molecule has 4 atom stereocenters. The van der Waals surface area contributed by atoms with Crippen LogP contribution >= 0.6 is 0 Å². The first kappa shape index (κ1) is 23.9. The van der Waals surface area contributed by atoms with Gasteiger partial charge in [0.15, 0.2) is 5.78 Å². The van der Waals surface area contributed by atoms with Gasteiger partial charge in [0, 0.05) is 24.2 Å². The Balaban J connectivity index is 1.62. The minimum absolute atomic E-state index is 0.0435. The SMILES string of the molecule is CC(=O)c1ccc(S(=O)(=O)N2C[C@@H]3CCCN4CCC[C@@H]([C@H]34)[C@H]2CCCCN(C)C)cc1. The number of piperidine rings is 3. The fraction of sp³-hybridized carbons (Fsp3) is 0.720. The summed E-state index contributed by atoms with van der Waals surface area (Å²) in [6.45, 7) is 5.52. The lowest BCUT2D eigenvalue weighted by Gasteiger charge is -2.57. The minimum atomic E-state index is -3.60. The third-order valence-electron chi connectivity index (χ3n) is 7.85. The molecule has 4 rings (SSSR count). The number of rotatable bonds is 8. The number of benzene rings is 1. The van der Waals surface area contributed by atoms with Crippen LogP contribution in [0.2, 0.25) is 0 Å². The normalized spacial score (nSPS) is 29.1. The highest BCUT2D eigenvalue weighted by Gasteiger charge is 2.51. The van der Waals surface area contributed by atoms with Crippen LogP contribution in [0.25, 0.3) is 0 Å². The molecule has 0 spiro atoms. The highest BCUT2D eigenvalue weighted by atomic mass is 32.2. The van der Waals surface area contributed by atoms with Crippen molar-refractivity contribution < 1.29 is 13.2 Å². The maximum Gasteiger partial charge on any atom is 0.243 e. The smallest absolute Gasteiger partial charge is 0.243 e. The lowest BCUT2D eigenvalue weighted by Crippen LogP contribution is -2.65. The van der Waals surface area contributed by atoms with Gasteiger partial charge in [-0.15, -0.1) is 0 Å². The van der Waals surface area contributed by atoms with E-state index < -0.39 is 10.0 Å². The molecule has 0 saturated carbocycles. The molecule has 0 bridgehead atoms. The monoisotopic (exact) mass is 461 g/mol. The number of hydrogen-bond acceptors (Lipinski definition) is 5. The number of unbranched alkanes of at least 4 members (excludes halogenated alkanes) is 1. The van der Waals surface area contributed by atoms with Crippen LogP contribution in [0.3, 0.4) is 0 Å². The summed E-state index contributed by atoms with van der Waals surface area (Å²) in [6, 6.07) is 7.15. The second-order valence-corrected chi connectivity index (χ2v) is 12.1. The van der Waals surface area contributed by atoms with Crippen molar-refractivity contribution in [2.75, 3.05) is 40.3 Å². The van der Waals surface area contributed by atoms with Crippen molar-refractivity contribution in [3.63, 3.8) is 0 Å². The van der Waals surface area contributed by atoms with Crippen molar-refractivity contribution in [3.05, 3.63) is 29.8 Å². The molecule has 3 aliphatic rings. The second kappa shape index (κ2) is 9.92. The molecular formula is C25H39N3O3S. The second-order valence-electron chi connectivity index (χ2n) is 10.3. The molecule has 0 N–H and O–H groups in total. The van der Waals surface area contributed by atoms with Crippen LogP contribution in [-0.4, -0.2) is 80.7 Å². The van der Waals surface area contributed by atoms with Gasteiger partial charge < -0.3 is 4.90 Å². The first-order valence-electron chi connectivity index (χ1n) is 12.3. The van der Waals surface area contributed by atoms with Gasteiger partial charge in [-0.2, -0.15) is 4.31 Å². The van der Waals surface area contributed by atoms with Crippen LogP contribution in [0.15, 0.2) is 29.2 Å². The van der Waals surface area contributed by atoms with Crippen molar-refractivity contribution in [3.8, 4) is 0 Å². The number of Topliss-reactive ketones (excluding diaryl/α,β-unsaturated/α-hetero) is 1. The molecule has 0 aromatic heterocycles. The fourth-order valence-electron chi connectivity index (χ4n) is 6.37. The van der Waals surface area contributed by atoms with Crippen LogP contribution in [0, 0.1) is 11.8 Å². The molecule has 0 amide bonds. The van der Waals surface area contributed by atoms with E-state index in [0.717, 1.165) is 38.6 Å². The molecule has 178 valence electrons. The average Bonchev–Trinajstić information content (AvgIpc) is 2.77. The standard InChI is InChI=1S/C25H39N3O3S/c1-19(29)20-11-13-22(14-12-20)32(30,31)28-18-21-8-6-16-27-17-7-9-23(25(21)27)24(28)10-4-5-15-26(2)3/h11-14,21,23-25H,4-10,15-18H2,1-3H3/t21-,23+,24+,25-/m0/s1. The Labute approximate surface area is 194 Å². The summed E-state index contributed by atoms with van der Waals surface area (Å²) in [4.78, 5) is 16.9. The van der Waals surface area contributed by atoms with Gasteiger partial charge in [-0.05, 0) is 103 Å². The van der Waals surface area contributed by atoms with E-state index in [4.69, 9.17) is 0 Å². The van der Waals surface area contributed by atoms with Crippen LogP contribution in [0.5, 0.6) is 0 Å². The minimum Gasteiger partial charge on any atom is -0.309 e. The summed E-state index contributed by atoms with van der Waals surface area (Å²) in [5.74, 6) is 0.810. The fourth-order valence-corrected chi connectivity index (χ4v) is 8.13. The topological polar surface area (TPSA) is 60.9 Å². The molecule has 6 nitrogen and oxygen atoms in total. The maximum atomic E-state index is 13.9. The zero-order valence-corrected chi connectivity index (χ0v) is 20.7. The number of hydrogen-bond donors (Lipinski definition) is 0. The summed E-state index contributed by atoms with van der Waals surface area (Å²) in [5, 5.41) is 0. The third kappa shape index (κ3) is 4.81. The lowest BCUT2D eigenvalue weighted by atomic mass is 9.70. The van der Waals surface area contributed by atoms with Gasteiger partial charge in [0.2, 0.25) is 10.0 Å². The van der Waals surface area contributed by atoms with E-state index in [1.54, 1.807) is 24.3 Å². The number of sulfonamides is 1. The van der Waals surface area contributed by atoms with Gasteiger partial charge >= 0.3 is 0 Å². The van der Waals surface area contributed by atoms with Crippen molar-refractivity contribution in [1.82, 2.24) is 14.1 Å². The molecule has 0 radical (unpaired) electrons. The van der Waals surface area contributed by atoms with Crippen molar-refractivity contribution in [2.24, 2.45) is 11.8 Å². The zero-order chi connectivity index (χ0) is 22.9. The number of carbonyl (C=O) groups excluding carboxylic acids is 1. The molecule has 3 heterocycles. The molecule has 1 aromatic carbocycles. The van der Waals surface area contributed by atoms with E-state index in [0.29, 0.717) is 34.9 Å². The van der Waals surface area contributed by atoms with Crippen molar-refractivity contribution in [1.29, 1.82) is 0 Å². The predicted molar refractivity (Wildman–Crippen MR) is 127 cm³/mol. The first-order valence-corrected chi connectivity index (χ1v) is 13.7. The van der Waals surface area contributed by atoms with Crippen LogP contribution in [-0.2, 0) is 10.0 Å². The van der Waals surface area contributed by atoms with Crippen LogP contribution in [0.1, 0.15) is 62.2 Å². The molecule has 3 saturated heterocycles. The number of ketones is 1. The van der Waals surface area contributed by atoms with Gasteiger partial charge in [0.25, 0.3) is 0 Å². The summed E-state index contributed by atoms with van der Waals surface area (Å²) >= 11 is 0. The molecule has 3 aliphatic heterocycles. The maximum absolute atomic E-state index is 13.9. The average molecular weight is 462 g/mol. The van der Waals surface area contributed by atoms with E-state index in [9.17, 15) is 13.2 Å². The van der Waals surface area contributed by atoms with Crippen LogP contribution in [0.4, 0.5) is 0 Å². The van der Waals surface area contributed by atoms with E-state index in [1.165, 1.54) is 32.9 Å². The Bertz CT molecular complexity index is 898.